The molecular formula is C34H42N4O5S. The van der Waals surface area contributed by atoms with Gasteiger partial charge in [-0.15, -0.1) is 11.3 Å². The summed E-state index contributed by atoms with van der Waals surface area (Å²) in [5.41, 5.74) is 3.90. The molecule has 2 atom stereocenters. The normalized spacial score (nSPS) is 18.2. The fourth-order valence-electron chi connectivity index (χ4n) is 6.25. The second-order valence-corrected chi connectivity index (χ2v) is 12.8. The first-order valence-corrected chi connectivity index (χ1v) is 16.5. The molecule has 2 aliphatic heterocycles. The molecule has 2 saturated heterocycles. The minimum Gasteiger partial charge on any atom is -0.496 e. The lowest BCUT2D eigenvalue weighted by atomic mass is 9.93. The zero-order chi connectivity index (χ0) is 31.2. The zero-order valence-corrected chi connectivity index (χ0v) is 26.6. The third kappa shape index (κ3) is 7.30. The smallest absolute Gasteiger partial charge is 0.306 e. The fraction of sp³-hybridized carbons (Fsp3) is 0.471. The van der Waals surface area contributed by atoms with E-state index in [2.05, 4.69) is 34.3 Å². The average molecular weight is 619 g/mol. The van der Waals surface area contributed by atoms with Crippen LogP contribution in [0.25, 0.3) is 11.3 Å². The molecule has 2 N–H and O–H groups in total. The standard InChI is InChI=1S/C34H42N4O5S/c1-4-5-6-23-7-12-30(43-3)28(19-23)29-21-44-34(35-29)36-31(39)24-8-10-25(11-9-24)32(40)37-17-14-27(15-18-37)38-16-13-26(20-38)22(2)33(41)42/h7-12,19,21-22,26-27H,4-6,13-18,20H2,1-3H3,(H,41,42)(H,35,36,39)/t22?,26-/m0/s1. The summed E-state index contributed by atoms with van der Waals surface area (Å²) in [7, 11) is 1.64. The van der Waals surface area contributed by atoms with Crippen molar-refractivity contribution in [2.24, 2.45) is 11.8 Å². The Bertz CT molecular complexity index is 1460. The van der Waals surface area contributed by atoms with Crippen LogP contribution in [0.3, 0.4) is 0 Å². The van der Waals surface area contributed by atoms with Crippen molar-refractivity contribution in [3.05, 3.63) is 64.5 Å². The highest BCUT2D eigenvalue weighted by molar-refractivity contribution is 7.14. The van der Waals surface area contributed by atoms with Gasteiger partial charge in [-0.05, 0) is 86.5 Å². The number of carbonyl (C=O) groups is 3. The Balaban J connectivity index is 1.14. The summed E-state index contributed by atoms with van der Waals surface area (Å²) in [4.78, 5) is 46.5. The van der Waals surface area contributed by atoms with Crippen LogP contribution in [0.2, 0.25) is 0 Å². The Labute approximate surface area is 263 Å². The van der Waals surface area contributed by atoms with E-state index in [1.807, 2.05) is 16.3 Å². The first kappa shape index (κ1) is 31.7. The monoisotopic (exact) mass is 618 g/mol. The van der Waals surface area contributed by atoms with Crippen LogP contribution in [0, 0.1) is 11.8 Å². The summed E-state index contributed by atoms with van der Waals surface area (Å²) in [5, 5.41) is 14.7. The zero-order valence-electron chi connectivity index (χ0n) is 25.8. The maximum Gasteiger partial charge on any atom is 0.306 e. The molecule has 2 fully saturated rings. The van der Waals surface area contributed by atoms with Gasteiger partial charge in [0.1, 0.15) is 5.75 Å². The maximum atomic E-state index is 13.2. The molecule has 234 valence electrons. The van der Waals surface area contributed by atoms with Crippen LogP contribution >= 0.6 is 11.3 Å². The molecule has 0 bridgehead atoms. The highest BCUT2D eigenvalue weighted by Crippen LogP contribution is 2.34. The summed E-state index contributed by atoms with van der Waals surface area (Å²) >= 11 is 1.36. The molecular weight excluding hydrogens is 576 g/mol. The number of methoxy groups -OCH3 is 1. The van der Waals surface area contributed by atoms with Crippen LogP contribution in [-0.4, -0.2) is 77.0 Å². The van der Waals surface area contributed by atoms with Gasteiger partial charge in [-0.1, -0.05) is 26.3 Å². The van der Waals surface area contributed by atoms with Crippen LogP contribution in [-0.2, 0) is 11.2 Å². The summed E-state index contributed by atoms with van der Waals surface area (Å²) in [5.74, 6) is -0.431. The van der Waals surface area contributed by atoms with Crippen LogP contribution < -0.4 is 10.1 Å². The molecule has 2 aliphatic rings. The number of nitrogens with zero attached hydrogens (tertiary/aromatic N) is 3. The number of benzene rings is 2. The molecule has 9 nitrogen and oxygen atoms in total. The lowest BCUT2D eigenvalue weighted by Gasteiger charge is -2.37. The number of hydrogen-bond donors (Lipinski definition) is 2. The quantitative estimate of drug-likeness (QED) is 0.269. The molecule has 1 unspecified atom stereocenters. The number of thiazole rings is 1. The van der Waals surface area contributed by atoms with E-state index in [1.165, 1.54) is 16.9 Å². The largest absolute Gasteiger partial charge is 0.496 e. The number of rotatable bonds is 11. The molecule has 0 radical (unpaired) electrons. The molecule has 0 saturated carbocycles. The van der Waals surface area contributed by atoms with E-state index >= 15 is 0 Å². The number of hydrogen-bond acceptors (Lipinski definition) is 7. The highest BCUT2D eigenvalue weighted by Gasteiger charge is 2.35. The van der Waals surface area contributed by atoms with Crippen LogP contribution in [0.1, 0.15) is 72.2 Å². The molecule has 2 amide bonds. The van der Waals surface area contributed by atoms with Crippen molar-refractivity contribution >= 4 is 34.3 Å². The number of aliphatic carboxylic acids is 1. The third-order valence-corrected chi connectivity index (χ3v) is 9.86. The van der Waals surface area contributed by atoms with Gasteiger partial charge in [0.2, 0.25) is 0 Å². The first-order valence-electron chi connectivity index (χ1n) is 15.6. The molecule has 2 aromatic carbocycles. The second kappa shape index (κ2) is 14.3. The predicted octanol–water partition coefficient (Wildman–Crippen LogP) is 6.06. The molecule has 44 heavy (non-hydrogen) atoms. The molecule has 10 heteroatoms. The van der Waals surface area contributed by atoms with Gasteiger partial charge in [0.15, 0.2) is 5.13 Å². The van der Waals surface area contributed by atoms with Gasteiger partial charge in [0.05, 0.1) is 18.7 Å². The van der Waals surface area contributed by atoms with Crippen molar-refractivity contribution in [2.45, 2.75) is 58.4 Å². The Hall–Kier alpha value is -3.76. The second-order valence-electron chi connectivity index (χ2n) is 11.9. The van der Waals surface area contributed by atoms with E-state index in [0.29, 0.717) is 35.4 Å². The summed E-state index contributed by atoms with van der Waals surface area (Å²) in [6.07, 6.45) is 5.91. The number of aryl methyl sites for hydroxylation is 1. The summed E-state index contributed by atoms with van der Waals surface area (Å²) in [6, 6.07) is 13.3. The van der Waals surface area contributed by atoms with Gasteiger partial charge < -0.3 is 14.7 Å². The Morgan fingerprint density at radius 1 is 1.07 bits per heavy atom. The summed E-state index contributed by atoms with van der Waals surface area (Å²) < 4.78 is 5.57. The molecule has 0 spiro atoms. The number of carboxylic acids is 1. The maximum absolute atomic E-state index is 13.2. The Morgan fingerprint density at radius 2 is 1.80 bits per heavy atom. The number of anilines is 1. The number of piperidine rings is 1. The number of ether oxygens (including phenoxy) is 1. The molecule has 3 heterocycles. The number of aromatic nitrogens is 1. The lowest BCUT2D eigenvalue weighted by Crippen LogP contribution is -2.46. The predicted molar refractivity (Wildman–Crippen MR) is 173 cm³/mol. The SMILES string of the molecule is CCCCc1ccc(OC)c(-c2csc(NC(=O)c3ccc(C(=O)N4CCC(N5CC[C@H](C(C)C(=O)O)C5)CC4)cc3)n2)c1. The van der Waals surface area contributed by atoms with Gasteiger partial charge in [0, 0.05) is 47.7 Å². The Kier molecular flexibility index (Phi) is 10.3. The third-order valence-electron chi connectivity index (χ3n) is 9.10. The molecule has 0 aliphatic carbocycles. The minimum absolute atomic E-state index is 0.0334. The highest BCUT2D eigenvalue weighted by atomic mass is 32.1. The van der Waals surface area contributed by atoms with E-state index in [9.17, 15) is 19.5 Å². The fourth-order valence-corrected chi connectivity index (χ4v) is 6.96. The molecule has 1 aromatic heterocycles. The van der Waals surface area contributed by atoms with Crippen LogP contribution in [0.15, 0.2) is 47.8 Å². The number of nitrogens with one attached hydrogen (secondary N) is 1. The van der Waals surface area contributed by atoms with Crippen LogP contribution in [0.5, 0.6) is 5.75 Å². The number of carboxylic acid groups (broad SMARTS) is 1. The van der Waals surface area contributed by atoms with E-state index in [-0.39, 0.29) is 23.7 Å². The van der Waals surface area contributed by atoms with Crippen molar-refractivity contribution in [2.75, 3.05) is 38.6 Å². The van der Waals surface area contributed by atoms with Gasteiger partial charge in [-0.2, -0.15) is 0 Å². The van der Waals surface area contributed by atoms with Crippen molar-refractivity contribution in [3.63, 3.8) is 0 Å². The van der Waals surface area contributed by atoms with E-state index in [0.717, 1.165) is 68.6 Å². The van der Waals surface area contributed by atoms with E-state index in [4.69, 9.17) is 4.74 Å². The number of carbonyl (C=O) groups excluding carboxylic acids is 2. The van der Waals surface area contributed by atoms with Crippen LogP contribution in [0.4, 0.5) is 5.13 Å². The van der Waals surface area contributed by atoms with Crippen molar-refractivity contribution < 1.29 is 24.2 Å². The van der Waals surface area contributed by atoms with Gasteiger partial charge >= 0.3 is 5.97 Å². The molecule has 3 aromatic rings. The number of unbranched alkanes of at least 4 members (excludes halogenated alkanes) is 1. The van der Waals surface area contributed by atoms with E-state index < -0.39 is 5.97 Å². The van der Waals surface area contributed by atoms with Crippen molar-refractivity contribution in [1.82, 2.24) is 14.8 Å². The average Bonchev–Trinajstić information content (AvgIpc) is 3.73. The molecule has 5 rings (SSSR count). The Morgan fingerprint density at radius 3 is 2.48 bits per heavy atom. The van der Waals surface area contributed by atoms with E-state index in [1.54, 1.807) is 38.3 Å². The first-order chi connectivity index (χ1) is 21.3. The van der Waals surface area contributed by atoms with Crippen molar-refractivity contribution in [1.29, 1.82) is 0 Å². The summed E-state index contributed by atoms with van der Waals surface area (Å²) in [6.45, 7) is 7.05. The van der Waals surface area contributed by atoms with Gasteiger partial charge in [0.25, 0.3) is 11.8 Å². The van der Waals surface area contributed by atoms with Gasteiger partial charge in [-0.25, -0.2) is 4.98 Å². The van der Waals surface area contributed by atoms with Crippen molar-refractivity contribution in [3.8, 4) is 17.0 Å². The topological polar surface area (TPSA) is 112 Å². The lowest BCUT2D eigenvalue weighted by molar-refractivity contribution is -0.142. The van der Waals surface area contributed by atoms with Gasteiger partial charge in [-0.3, -0.25) is 24.6 Å². The number of amides is 2. The minimum atomic E-state index is -0.724. The number of likely N-dealkylation sites (tertiary alicyclic amines) is 2.